The van der Waals surface area contributed by atoms with E-state index in [1.54, 1.807) is 12.3 Å². The van der Waals surface area contributed by atoms with E-state index in [9.17, 15) is 19.2 Å². The summed E-state index contributed by atoms with van der Waals surface area (Å²) in [5, 5.41) is 2.33. The van der Waals surface area contributed by atoms with Crippen LogP contribution >= 0.6 is 0 Å². The average Bonchev–Trinajstić information content (AvgIpc) is 3.20. The molecule has 3 aliphatic heterocycles. The Morgan fingerprint density at radius 3 is 2.66 bits per heavy atom. The van der Waals surface area contributed by atoms with Crippen molar-refractivity contribution in [3.05, 3.63) is 53.0 Å². The van der Waals surface area contributed by atoms with Gasteiger partial charge < -0.3 is 15.5 Å². The molecule has 10 nitrogen and oxygen atoms in total. The molecule has 0 radical (unpaired) electrons. The number of benzene rings is 1. The van der Waals surface area contributed by atoms with Crippen molar-refractivity contribution in [2.75, 3.05) is 18.0 Å². The highest BCUT2D eigenvalue weighted by molar-refractivity contribution is 6.05. The summed E-state index contributed by atoms with van der Waals surface area (Å²) in [6.07, 6.45) is 5.18. The number of carbonyl (C=O) groups is 4. The van der Waals surface area contributed by atoms with Crippen molar-refractivity contribution in [2.24, 2.45) is 11.7 Å². The lowest BCUT2D eigenvalue weighted by atomic mass is 9.96. The van der Waals surface area contributed by atoms with Crippen molar-refractivity contribution in [3.8, 4) is 11.8 Å². The molecular formula is C25H24N6O4. The SMILES string of the molecule is NC(=O)c1cncc(N2CCC(C#Cc3cccc4c3CN(C3CCC(=O)NC3=O)C4=O)CC2)n1. The normalized spacial score (nSPS) is 20.2. The maximum absolute atomic E-state index is 13.0. The van der Waals surface area contributed by atoms with E-state index in [2.05, 4.69) is 32.0 Å². The van der Waals surface area contributed by atoms with Crippen LogP contribution in [0.1, 0.15) is 57.7 Å². The van der Waals surface area contributed by atoms with Gasteiger partial charge in [0.25, 0.3) is 11.8 Å². The molecule has 1 aromatic carbocycles. The van der Waals surface area contributed by atoms with Gasteiger partial charge in [-0.1, -0.05) is 17.9 Å². The van der Waals surface area contributed by atoms with Crippen molar-refractivity contribution in [1.82, 2.24) is 20.2 Å². The van der Waals surface area contributed by atoms with Gasteiger partial charge in [-0.05, 0) is 37.0 Å². The molecule has 0 bridgehead atoms. The number of primary amides is 1. The van der Waals surface area contributed by atoms with Crippen LogP contribution < -0.4 is 16.0 Å². The summed E-state index contributed by atoms with van der Waals surface area (Å²) in [5.41, 5.74) is 7.62. The summed E-state index contributed by atoms with van der Waals surface area (Å²) >= 11 is 0. The molecule has 2 saturated heterocycles. The Morgan fingerprint density at radius 1 is 1.11 bits per heavy atom. The van der Waals surface area contributed by atoms with E-state index in [1.807, 2.05) is 12.1 Å². The lowest BCUT2D eigenvalue weighted by Gasteiger charge is -2.30. The first-order valence-corrected chi connectivity index (χ1v) is 11.6. The molecule has 2 fully saturated rings. The first kappa shape index (κ1) is 22.5. The number of anilines is 1. The van der Waals surface area contributed by atoms with E-state index in [4.69, 9.17) is 5.73 Å². The van der Waals surface area contributed by atoms with Crippen LogP contribution in [0.2, 0.25) is 0 Å². The molecule has 0 aliphatic carbocycles. The highest BCUT2D eigenvalue weighted by atomic mass is 16.2. The van der Waals surface area contributed by atoms with Gasteiger partial charge in [-0.25, -0.2) is 4.98 Å². The number of nitrogens with one attached hydrogen (secondary N) is 1. The van der Waals surface area contributed by atoms with Crippen LogP contribution in [0.4, 0.5) is 5.82 Å². The fourth-order valence-corrected chi connectivity index (χ4v) is 4.76. The maximum Gasteiger partial charge on any atom is 0.268 e. The monoisotopic (exact) mass is 472 g/mol. The van der Waals surface area contributed by atoms with E-state index < -0.39 is 17.9 Å². The molecule has 1 unspecified atom stereocenters. The highest BCUT2D eigenvalue weighted by Crippen LogP contribution is 2.30. The summed E-state index contributed by atoms with van der Waals surface area (Å²) in [7, 11) is 0. The van der Waals surface area contributed by atoms with E-state index in [1.165, 1.54) is 11.1 Å². The second kappa shape index (κ2) is 9.18. The zero-order chi connectivity index (χ0) is 24.5. The van der Waals surface area contributed by atoms with Crippen molar-refractivity contribution < 1.29 is 19.2 Å². The third kappa shape index (κ3) is 4.45. The number of hydrogen-bond acceptors (Lipinski definition) is 7. The van der Waals surface area contributed by atoms with Crippen molar-refractivity contribution >= 4 is 29.4 Å². The topological polar surface area (TPSA) is 139 Å². The van der Waals surface area contributed by atoms with Gasteiger partial charge in [0.2, 0.25) is 11.8 Å². The Kier molecular flexibility index (Phi) is 5.91. The van der Waals surface area contributed by atoms with Gasteiger partial charge in [0.1, 0.15) is 17.6 Å². The molecule has 178 valence electrons. The molecule has 0 saturated carbocycles. The van der Waals surface area contributed by atoms with E-state index in [-0.39, 0.29) is 29.8 Å². The first-order valence-electron chi connectivity index (χ1n) is 11.6. The van der Waals surface area contributed by atoms with Crippen LogP contribution in [-0.2, 0) is 16.1 Å². The summed E-state index contributed by atoms with van der Waals surface area (Å²) in [6.45, 7) is 1.76. The summed E-state index contributed by atoms with van der Waals surface area (Å²) < 4.78 is 0. The van der Waals surface area contributed by atoms with Crippen LogP contribution in [0.15, 0.2) is 30.6 Å². The van der Waals surface area contributed by atoms with Crippen molar-refractivity contribution in [3.63, 3.8) is 0 Å². The smallest absolute Gasteiger partial charge is 0.268 e. The fraction of sp³-hybridized carbons (Fsp3) is 0.360. The molecule has 3 N–H and O–H groups in total. The first-order chi connectivity index (χ1) is 16.9. The van der Waals surface area contributed by atoms with Crippen LogP contribution in [0.5, 0.6) is 0 Å². The molecule has 4 amide bonds. The molecule has 10 heteroatoms. The van der Waals surface area contributed by atoms with Crippen LogP contribution in [0.25, 0.3) is 0 Å². The van der Waals surface area contributed by atoms with Gasteiger partial charge >= 0.3 is 0 Å². The largest absolute Gasteiger partial charge is 0.364 e. The van der Waals surface area contributed by atoms with Gasteiger partial charge in [0, 0.05) is 43.1 Å². The predicted octanol–water partition coefficient (Wildman–Crippen LogP) is 0.605. The predicted molar refractivity (Wildman–Crippen MR) is 125 cm³/mol. The Bertz CT molecular complexity index is 1290. The number of aromatic nitrogens is 2. The number of nitrogens with two attached hydrogens (primary N) is 1. The Balaban J connectivity index is 1.27. The zero-order valence-corrected chi connectivity index (χ0v) is 19.0. The standard InChI is InChI=1S/C25H24N6O4/c26-23(33)19-12-27-13-21(28-19)30-10-8-15(9-11-30)4-5-16-2-1-3-17-18(16)14-31(25(17)35)20-6-7-22(32)29-24(20)34/h1-3,12-13,15,20H,6-11,14H2,(H2,26,33)(H,29,32,34). The van der Waals surface area contributed by atoms with Crippen molar-refractivity contribution in [1.29, 1.82) is 0 Å². The minimum Gasteiger partial charge on any atom is -0.364 e. The molecular weight excluding hydrogens is 448 g/mol. The molecule has 5 rings (SSSR count). The number of piperidine rings is 2. The number of nitrogens with zero attached hydrogens (tertiary/aromatic N) is 4. The molecule has 2 aromatic rings. The van der Waals surface area contributed by atoms with Crippen molar-refractivity contribution in [2.45, 2.75) is 38.3 Å². The maximum atomic E-state index is 13.0. The summed E-state index contributed by atoms with van der Waals surface area (Å²) in [6, 6.07) is 4.82. The molecule has 4 heterocycles. The zero-order valence-electron chi connectivity index (χ0n) is 19.0. The van der Waals surface area contributed by atoms with Gasteiger partial charge in [-0.2, -0.15) is 0 Å². The molecule has 1 aromatic heterocycles. The number of amides is 4. The summed E-state index contributed by atoms with van der Waals surface area (Å²) in [5.74, 6) is 5.88. The Hall–Kier alpha value is -4.26. The highest BCUT2D eigenvalue weighted by Gasteiger charge is 2.39. The number of fused-ring (bicyclic) bond motifs is 1. The van der Waals surface area contributed by atoms with Crippen LogP contribution in [0, 0.1) is 17.8 Å². The average molecular weight is 473 g/mol. The van der Waals surface area contributed by atoms with Gasteiger partial charge in [-0.15, -0.1) is 0 Å². The van der Waals surface area contributed by atoms with E-state index in [0.29, 0.717) is 24.3 Å². The number of carbonyl (C=O) groups excluding carboxylic acids is 4. The second-order valence-corrected chi connectivity index (χ2v) is 8.89. The lowest BCUT2D eigenvalue weighted by molar-refractivity contribution is -0.136. The van der Waals surface area contributed by atoms with Crippen LogP contribution in [-0.4, -0.2) is 57.6 Å². The molecule has 35 heavy (non-hydrogen) atoms. The minimum atomic E-state index is -0.645. The fourth-order valence-electron chi connectivity index (χ4n) is 4.76. The second-order valence-electron chi connectivity index (χ2n) is 8.89. The molecule has 3 aliphatic rings. The van der Waals surface area contributed by atoms with Gasteiger partial charge in [0.05, 0.1) is 12.4 Å². The van der Waals surface area contributed by atoms with E-state index >= 15 is 0 Å². The number of imide groups is 1. The Labute approximate surface area is 201 Å². The quantitative estimate of drug-likeness (QED) is 0.493. The minimum absolute atomic E-state index is 0.142. The lowest BCUT2D eigenvalue weighted by Crippen LogP contribution is -2.52. The molecule has 1 atom stereocenters. The van der Waals surface area contributed by atoms with Crippen LogP contribution in [0.3, 0.4) is 0 Å². The third-order valence-electron chi connectivity index (χ3n) is 6.69. The molecule has 0 spiro atoms. The van der Waals surface area contributed by atoms with Gasteiger partial charge in [-0.3, -0.25) is 29.5 Å². The van der Waals surface area contributed by atoms with Gasteiger partial charge in [0.15, 0.2) is 0 Å². The van der Waals surface area contributed by atoms with E-state index in [0.717, 1.165) is 37.1 Å². The third-order valence-corrected chi connectivity index (χ3v) is 6.69. The Morgan fingerprint density at radius 2 is 1.91 bits per heavy atom. The number of rotatable bonds is 3. The number of hydrogen-bond donors (Lipinski definition) is 2. The summed E-state index contributed by atoms with van der Waals surface area (Å²) in [4.78, 5) is 60.1.